The van der Waals surface area contributed by atoms with Crippen LogP contribution in [0, 0.1) is 23.5 Å². The van der Waals surface area contributed by atoms with Crippen molar-refractivity contribution in [2.75, 3.05) is 26.6 Å². The highest BCUT2D eigenvalue weighted by Crippen LogP contribution is 2.49. The van der Waals surface area contributed by atoms with E-state index in [0.29, 0.717) is 29.0 Å². The van der Waals surface area contributed by atoms with Crippen molar-refractivity contribution in [3.63, 3.8) is 0 Å². The summed E-state index contributed by atoms with van der Waals surface area (Å²) in [4.78, 5) is 13.6. The third-order valence-electron chi connectivity index (χ3n) is 9.05. The number of ketones is 1. The van der Waals surface area contributed by atoms with E-state index in [1.807, 2.05) is 0 Å². The maximum absolute atomic E-state index is 15.7. The Morgan fingerprint density at radius 1 is 0.942 bits per heavy atom. The lowest BCUT2D eigenvalue weighted by Crippen LogP contribution is -2.41. The minimum Gasteiger partial charge on any atom is -0.497 e. The lowest BCUT2D eigenvalue weighted by Gasteiger charge is -2.38. The molecule has 13 heteroatoms. The molecule has 0 saturated heterocycles. The van der Waals surface area contributed by atoms with Gasteiger partial charge in [0, 0.05) is 31.3 Å². The second-order valence-corrected chi connectivity index (χ2v) is 16.6. The molecule has 3 aromatic carbocycles. The van der Waals surface area contributed by atoms with Crippen molar-refractivity contribution in [2.45, 2.75) is 51.4 Å². The number of carbonyl (C=O) groups is 1. The SMILES string of the molecule is C=C/C(=C\C=C/C)S(=O)(=O)C1c2c(F)ccc(F)c2OCC1[C@H](CCS(=O)(=O)N(Cc1ccc(OC)cc1)Cc1ccc(OC)cc1)C(=O)CCC. The number of sulfone groups is 1. The van der Waals surface area contributed by atoms with E-state index in [1.54, 1.807) is 68.5 Å². The molecule has 0 spiro atoms. The number of benzene rings is 3. The zero-order chi connectivity index (χ0) is 38.1. The Bertz CT molecular complexity index is 1940. The number of fused-ring (bicyclic) bond motifs is 1. The summed E-state index contributed by atoms with van der Waals surface area (Å²) in [6.45, 7) is 6.60. The number of nitrogens with zero attached hydrogens (tertiary/aromatic N) is 1. The van der Waals surface area contributed by atoms with Gasteiger partial charge in [0.1, 0.15) is 28.3 Å². The van der Waals surface area contributed by atoms with Gasteiger partial charge in [0.25, 0.3) is 0 Å². The van der Waals surface area contributed by atoms with Gasteiger partial charge >= 0.3 is 0 Å². The maximum atomic E-state index is 15.7. The monoisotopic (exact) mass is 757 g/mol. The largest absolute Gasteiger partial charge is 0.497 e. The number of rotatable bonds is 18. The average Bonchev–Trinajstić information content (AvgIpc) is 3.13. The zero-order valence-corrected chi connectivity index (χ0v) is 31.4. The summed E-state index contributed by atoms with van der Waals surface area (Å²) in [6, 6.07) is 15.5. The highest BCUT2D eigenvalue weighted by molar-refractivity contribution is 7.95. The molecule has 0 saturated carbocycles. The van der Waals surface area contributed by atoms with E-state index < -0.39 is 78.0 Å². The number of sulfonamides is 1. The molecule has 9 nitrogen and oxygen atoms in total. The standard InChI is InChI=1S/C39H45F2NO8S2/c1-6-9-11-31(8-3)52(46,47)39-33(26-50-38-35(41)21-20-34(40)37(38)39)32(36(43)10-7-2)22-23-51(44,45)42(24-27-12-16-29(48-4)17-13-27)25-28-14-18-30(49-5)19-15-28/h6,8-9,11-21,32-33,39H,3,7,10,22-26H2,1-2,4-5H3/b9-6-,31-11+/t32-,33?,39?/m0/s1. The van der Waals surface area contributed by atoms with Crippen LogP contribution in [0.4, 0.5) is 8.78 Å². The average molecular weight is 758 g/mol. The molecule has 0 N–H and O–H groups in total. The van der Waals surface area contributed by atoms with Gasteiger partial charge in [-0.3, -0.25) is 4.79 Å². The van der Waals surface area contributed by atoms with Crippen molar-refractivity contribution < 1.29 is 44.6 Å². The number of ether oxygens (including phenoxy) is 3. The normalized spacial score (nSPS) is 17.0. The Hall–Kier alpha value is -4.33. The Morgan fingerprint density at radius 3 is 2.00 bits per heavy atom. The summed E-state index contributed by atoms with van der Waals surface area (Å²) < 4.78 is 105. The van der Waals surface area contributed by atoms with Crippen LogP contribution in [0.5, 0.6) is 17.2 Å². The fourth-order valence-corrected chi connectivity index (χ4v) is 9.90. The van der Waals surface area contributed by atoms with Crippen LogP contribution in [0.1, 0.15) is 55.1 Å². The van der Waals surface area contributed by atoms with Gasteiger partial charge in [-0.2, -0.15) is 4.31 Å². The second kappa shape index (κ2) is 17.9. The van der Waals surface area contributed by atoms with Crippen LogP contribution in [0.2, 0.25) is 0 Å². The molecule has 0 radical (unpaired) electrons. The van der Waals surface area contributed by atoms with Gasteiger partial charge in [0.05, 0.1) is 37.0 Å². The van der Waals surface area contributed by atoms with Gasteiger partial charge < -0.3 is 14.2 Å². The quantitative estimate of drug-likeness (QED) is 0.123. The smallest absolute Gasteiger partial charge is 0.214 e. The first-order chi connectivity index (χ1) is 24.8. The molecule has 1 heterocycles. The molecule has 0 aliphatic carbocycles. The van der Waals surface area contributed by atoms with E-state index in [0.717, 1.165) is 18.2 Å². The molecule has 3 atom stereocenters. The first kappa shape index (κ1) is 40.4. The van der Waals surface area contributed by atoms with Crippen LogP contribution < -0.4 is 14.2 Å². The number of allylic oxidation sites excluding steroid dienone is 4. The number of methoxy groups -OCH3 is 2. The van der Waals surface area contributed by atoms with Gasteiger partial charge in [0.15, 0.2) is 21.4 Å². The number of carbonyl (C=O) groups excluding carboxylic acids is 1. The molecule has 1 aliphatic rings. The number of Topliss-reactive ketones (excluding diaryl/α,β-unsaturated/α-hetero) is 1. The van der Waals surface area contributed by atoms with E-state index in [9.17, 15) is 21.6 Å². The summed E-state index contributed by atoms with van der Waals surface area (Å²) >= 11 is 0. The predicted molar refractivity (Wildman–Crippen MR) is 197 cm³/mol. The molecular formula is C39H45F2NO8S2. The van der Waals surface area contributed by atoms with Crippen molar-refractivity contribution in [3.05, 3.63) is 125 Å². The highest BCUT2D eigenvalue weighted by Gasteiger charge is 2.49. The van der Waals surface area contributed by atoms with E-state index in [2.05, 4.69) is 6.58 Å². The Kier molecular flexibility index (Phi) is 13.9. The summed E-state index contributed by atoms with van der Waals surface area (Å²) in [5, 5.41) is -1.77. The topological polar surface area (TPSA) is 116 Å². The van der Waals surface area contributed by atoms with Crippen molar-refractivity contribution in [2.24, 2.45) is 11.8 Å². The van der Waals surface area contributed by atoms with Gasteiger partial charge in [-0.25, -0.2) is 25.6 Å². The van der Waals surface area contributed by atoms with Crippen molar-refractivity contribution in [3.8, 4) is 17.2 Å². The molecule has 0 amide bonds. The molecule has 3 aromatic rings. The Balaban J connectivity index is 1.77. The first-order valence-corrected chi connectivity index (χ1v) is 20.0. The molecule has 2 unspecified atom stereocenters. The summed E-state index contributed by atoms with van der Waals surface area (Å²) in [6.07, 6.45) is 5.56. The third-order valence-corrected chi connectivity index (χ3v) is 13.1. The lowest BCUT2D eigenvalue weighted by molar-refractivity contribution is -0.125. The Morgan fingerprint density at radius 2 is 1.50 bits per heavy atom. The predicted octanol–water partition coefficient (Wildman–Crippen LogP) is 7.50. The van der Waals surface area contributed by atoms with E-state index in [-0.39, 0.29) is 30.8 Å². The van der Waals surface area contributed by atoms with Crippen LogP contribution in [-0.4, -0.2) is 53.5 Å². The van der Waals surface area contributed by atoms with Crippen molar-refractivity contribution in [1.29, 1.82) is 0 Å². The van der Waals surface area contributed by atoms with Crippen LogP contribution in [0.15, 0.2) is 96.5 Å². The highest BCUT2D eigenvalue weighted by atomic mass is 32.2. The molecule has 4 rings (SSSR count). The lowest BCUT2D eigenvalue weighted by atomic mass is 9.79. The molecule has 0 fully saturated rings. The van der Waals surface area contributed by atoms with Crippen LogP contribution in [0.3, 0.4) is 0 Å². The fourth-order valence-electron chi connectivity index (χ4n) is 6.34. The van der Waals surface area contributed by atoms with E-state index in [4.69, 9.17) is 14.2 Å². The van der Waals surface area contributed by atoms with Crippen LogP contribution >= 0.6 is 0 Å². The molecule has 1 aliphatic heterocycles. The number of hydrogen-bond acceptors (Lipinski definition) is 8. The van der Waals surface area contributed by atoms with Crippen molar-refractivity contribution >= 4 is 25.6 Å². The second-order valence-electron chi connectivity index (χ2n) is 12.4. The van der Waals surface area contributed by atoms with Gasteiger partial charge in [-0.05, 0) is 73.4 Å². The number of hydrogen-bond donors (Lipinski definition) is 0. The zero-order valence-electron chi connectivity index (χ0n) is 29.8. The molecule has 0 bridgehead atoms. The van der Waals surface area contributed by atoms with Crippen LogP contribution in [0.25, 0.3) is 0 Å². The minimum absolute atomic E-state index is 0.00816. The molecule has 52 heavy (non-hydrogen) atoms. The number of halogens is 2. The van der Waals surface area contributed by atoms with E-state index >= 15 is 8.78 Å². The van der Waals surface area contributed by atoms with Gasteiger partial charge in [0.2, 0.25) is 10.0 Å². The van der Waals surface area contributed by atoms with Crippen LogP contribution in [-0.2, 0) is 37.7 Å². The Labute approximate surface area is 305 Å². The van der Waals surface area contributed by atoms with Crippen molar-refractivity contribution in [1.82, 2.24) is 4.31 Å². The van der Waals surface area contributed by atoms with Gasteiger partial charge in [-0.15, -0.1) is 0 Å². The molecular weight excluding hydrogens is 713 g/mol. The first-order valence-electron chi connectivity index (χ1n) is 16.9. The summed E-state index contributed by atoms with van der Waals surface area (Å²) in [5.41, 5.74) is 0.826. The fraction of sp³-hybridized carbons (Fsp3) is 0.359. The van der Waals surface area contributed by atoms with Gasteiger partial charge in [-0.1, -0.05) is 56.0 Å². The summed E-state index contributed by atoms with van der Waals surface area (Å²) in [7, 11) is -5.61. The van der Waals surface area contributed by atoms with E-state index in [1.165, 1.54) is 30.7 Å². The molecule has 280 valence electrons. The third kappa shape index (κ3) is 9.36. The maximum Gasteiger partial charge on any atom is 0.214 e. The minimum atomic E-state index is -4.53. The molecule has 0 aromatic heterocycles. The summed E-state index contributed by atoms with van der Waals surface area (Å²) in [5.74, 6) is -4.74.